The number of halogens is 1. The van der Waals surface area contributed by atoms with Gasteiger partial charge in [-0.15, -0.1) is 0 Å². The van der Waals surface area contributed by atoms with Gasteiger partial charge < -0.3 is 10.4 Å². The van der Waals surface area contributed by atoms with Gasteiger partial charge in [0.1, 0.15) is 5.82 Å². The summed E-state index contributed by atoms with van der Waals surface area (Å²) in [6.45, 7) is 4.11. The van der Waals surface area contributed by atoms with E-state index in [2.05, 4.69) is 12.2 Å². The first-order valence-electron chi connectivity index (χ1n) is 11.4. The Morgan fingerprint density at radius 1 is 0.969 bits per heavy atom. The summed E-state index contributed by atoms with van der Waals surface area (Å²) in [6.07, 6.45) is 7.70. The van der Waals surface area contributed by atoms with Crippen molar-refractivity contribution in [2.24, 2.45) is 0 Å². The van der Waals surface area contributed by atoms with Crippen LogP contribution < -0.4 is 5.32 Å². The van der Waals surface area contributed by atoms with Gasteiger partial charge in [0.25, 0.3) is 0 Å². The number of ketones is 1. The number of anilines is 1. The molecule has 170 valence electrons. The molecule has 0 radical (unpaired) electrons. The summed E-state index contributed by atoms with van der Waals surface area (Å²) in [5, 5.41) is 13.8. The van der Waals surface area contributed by atoms with Crippen LogP contribution in [-0.4, -0.2) is 21.5 Å². The monoisotopic (exact) mass is 438 g/mol. The van der Waals surface area contributed by atoms with Gasteiger partial charge in [0.15, 0.2) is 5.78 Å². The summed E-state index contributed by atoms with van der Waals surface area (Å²) < 4.78 is 15.0. The van der Waals surface area contributed by atoms with E-state index in [1.165, 1.54) is 37.5 Å². The molecule has 0 fully saturated rings. The molecule has 1 aromatic heterocycles. The van der Waals surface area contributed by atoms with Crippen molar-refractivity contribution in [2.45, 2.75) is 65.2 Å². The van der Waals surface area contributed by atoms with Crippen molar-refractivity contribution < 1.29 is 19.1 Å². The maximum absolute atomic E-state index is 14.0. The van der Waals surface area contributed by atoms with Crippen LogP contribution in [0.3, 0.4) is 0 Å². The van der Waals surface area contributed by atoms with E-state index >= 15 is 0 Å². The molecule has 0 saturated heterocycles. The van der Waals surface area contributed by atoms with Gasteiger partial charge in [0.05, 0.1) is 11.1 Å². The van der Waals surface area contributed by atoms with E-state index in [9.17, 15) is 19.1 Å². The van der Waals surface area contributed by atoms with Crippen LogP contribution in [0.2, 0.25) is 0 Å². The Morgan fingerprint density at radius 3 is 2.31 bits per heavy atom. The number of unbranched alkanes of at least 4 members (excludes halogenated alkanes) is 6. The number of hydrogen-bond donors (Lipinski definition) is 2. The molecule has 0 aliphatic rings. The van der Waals surface area contributed by atoms with Crippen molar-refractivity contribution in [3.05, 3.63) is 59.4 Å². The fraction of sp³-hybridized carbons (Fsp3) is 0.385. The minimum atomic E-state index is -0.613. The number of aromatic nitrogens is 1. The molecule has 0 unspecified atom stereocenters. The van der Waals surface area contributed by atoms with Gasteiger partial charge >= 0.3 is 6.03 Å². The molecule has 0 spiro atoms. The van der Waals surface area contributed by atoms with Gasteiger partial charge in [-0.05, 0) is 43.7 Å². The van der Waals surface area contributed by atoms with Gasteiger partial charge in [-0.1, -0.05) is 63.1 Å². The highest BCUT2D eigenvalue weighted by molar-refractivity contribution is 6.14. The minimum absolute atomic E-state index is 0.00420. The van der Waals surface area contributed by atoms with Crippen molar-refractivity contribution in [3.63, 3.8) is 0 Å². The molecule has 6 heteroatoms. The number of carbonyl (C=O) groups excluding carboxylic acids is 2. The van der Waals surface area contributed by atoms with Crippen LogP contribution in [0.25, 0.3) is 10.9 Å². The first-order chi connectivity index (χ1) is 15.4. The first kappa shape index (κ1) is 23.5. The average molecular weight is 439 g/mol. The van der Waals surface area contributed by atoms with E-state index in [1.807, 2.05) is 19.1 Å². The Morgan fingerprint density at radius 2 is 1.62 bits per heavy atom. The molecule has 1 amide bonds. The molecule has 3 rings (SSSR count). The number of rotatable bonds is 10. The standard InChI is InChI=1S/C26H31FN2O3/c1-3-4-5-6-7-8-9-10-23(30)24-21-17-19(27)13-16-22(21)29(25(24)31)26(32)28-20-14-11-18(2)12-15-20/h11-17,31H,3-10H2,1-2H3,(H,28,32). The fourth-order valence-corrected chi connectivity index (χ4v) is 3.91. The van der Waals surface area contributed by atoms with Crippen LogP contribution in [0.1, 0.15) is 74.2 Å². The molecule has 0 aliphatic carbocycles. The van der Waals surface area contributed by atoms with Crippen LogP contribution in [0.15, 0.2) is 42.5 Å². The molecule has 0 saturated carbocycles. The Labute approximate surface area is 188 Å². The molecule has 3 aromatic rings. The second kappa shape index (κ2) is 10.9. The highest BCUT2D eigenvalue weighted by atomic mass is 19.1. The fourth-order valence-electron chi connectivity index (χ4n) is 3.91. The molecule has 2 aromatic carbocycles. The van der Waals surface area contributed by atoms with Crippen molar-refractivity contribution >= 4 is 28.4 Å². The lowest BCUT2D eigenvalue weighted by Crippen LogP contribution is -2.19. The summed E-state index contributed by atoms with van der Waals surface area (Å²) >= 11 is 0. The van der Waals surface area contributed by atoms with E-state index in [0.717, 1.165) is 29.4 Å². The molecular weight excluding hydrogens is 407 g/mol. The zero-order valence-electron chi connectivity index (χ0n) is 18.8. The summed E-state index contributed by atoms with van der Waals surface area (Å²) in [5.41, 5.74) is 1.90. The third-order valence-electron chi connectivity index (χ3n) is 5.70. The van der Waals surface area contributed by atoms with E-state index in [-0.39, 0.29) is 28.7 Å². The van der Waals surface area contributed by atoms with Crippen molar-refractivity contribution in [1.29, 1.82) is 0 Å². The maximum Gasteiger partial charge on any atom is 0.333 e. The number of amides is 1. The average Bonchev–Trinajstić information content (AvgIpc) is 3.05. The van der Waals surface area contributed by atoms with Crippen LogP contribution in [0.5, 0.6) is 5.88 Å². The second-order valence-electron chi connectivity index (χ2n) is 8.29. The van der Waals surface area contributed by atoms with E-state index < -0.39 is 17.7 Å². The predicted octanol–water partition coefficient (Wildman–Crippen LogP) is 7.20. The minimum Gasteiger partial charge on any atom is -0.494 e. The number of Topliss-reactive ketones (excluding diaryl/α,β-unsaturated/α-hetero) is 1. The van der Waals surface area contributed by atoms with Crippen molar-refractivity contribution in [2.75, 3.05) is 5.32 Å². The highest BCUT2D eigenvalue weighted by Crippen LogP contribution is 2.33. The summed E-state index contributed by atoms with van der Waals surface area (Å²) in [4.78, 5) is 25.9. The van der Waals surface area contributed by atoms with Crippen LogP contribution in [0, 0.1) is 12.7 Å². The lowest BCUT2D eigenvalue weighted by Gasteiger charge is -2.09. The normalized spacial score (nSPS) is 11.1. The summed E-state index contributed by atoms with van der Waals surface area (Å²) in [7, 11) is 0. The van der Waals surface area contributed by atoms with Crippen molar-refractivity contribution in [3.8, 4) is 5.88 Å². The Balaban J connectivity index is 1.80. The lowest BCUT2D eigenvalue weighted by molar-refractivity contribution is 0.0978. The number of nitrogens with one attached hydrogen (secondary N) is 1. The second-order valence-corrected chi connectivity index (χ2v) is 8.29. The Hall–Kier alpha value is -3.15. The maximum atomic E-state index is 14.0. The molecule has 1 heterocycles. The summed E-state index contributed by atoms with van der Waals surface area (Å²) in [5.74, 6) is -1.27. The van der Waals surface area contributed by atoms with Gasteiger partial charge in [-0.25, -0.2) is 13.8 Å². The zero-order valence-corrected chi connectivity index (χ0v) is 18.8. The topological polar surface area (TPSA) is 71.3 Å². The largest absolute Gasteiger partial charge is 0.494 e. The van der Waals surface area contributed by atoms with Gasteiger partial charge in [0, 0.05) is 17.5 Å². The predicted molar refractivity (Wildman–Crippen MR) is 126 cm³/mol. The number of nitrogens with zero attached hydrogens (tertiary/aromatic N) is 1. The van der Waals surface area contributed by atoms with Crippen molar-refractivity contribution in [1.82, 2.24) is 4.57 Å². The number of aromatic hydroxyl groups is 1. The smallest absolute Gasteiger partial charge is 0.333 e. The number of benzene rings is 2. The molecule has 32 heavy (non-hydrogen) atoms. The molecular formula is C26H31FN2O3. The van der Waals surface area contributed by atoms with Crippen LogP contribution in [-0.2, 0) is 0 Å². The molecule has 0 atom stereocenters. The van der Waals surface area contributed by atoms with Gasteiger partial charge in [0.2, 0.25) is 5.88 Å². The number of carbonyl (C=O) groups is 2. The first-order valence-corrected chi connectivity index (χ1v) is 11.4. The highest BCUT2D eigenvalue weighted by Gasteiger charge is 2.25. The SMILES string of the molecule is CCCCCCCCCC(=O)c1c(O)n(C(=O)Nc2ccc(C)cc2)c2ccc(F)cc12. The third-order valence-corrected chi connectivity index (χ3v) is 5.70. The Bertz CT molecular complexity index is 1090. The van der Waals surface area contributed by atoms with Gasteiger partial charge in [-0.2, -0.15) is 0 Å². The van der Waals surface area contributed by atoms with E-state index in [1.54, 1.807) is 12.1 Å². The summed E-state index contributed by atoms with van der Waals surface area (Å²) in [6, 6.07) is 10.4. The van der Waals surface area contributed by atoms with Crippen LogP contribution >= 0.6 is 0 Å². The molecule has 0 bridgehead atoms. The molecule has 5 nitrogen and oxygen atoms in total. The third kappa shape index (κ3) is 5.55. The molecule has 0 aliphatic heterocycles. The number of aryl methyl sites for hydroxylation is 1. The number of hydrogen-bond acceptors (Lipinski definition) is 3. The van der Waals surface area contributed by atoms with E-state index in [0.29, 0.717) is 12.1 Å². The Kier molecular flexibility index (Phi) is 8.03. The number of fused-ring (bicyclic) bond motifs is 1. The molecule has 2 N–H and O–H groups in total. The van der Waals surface area contributed by atoms with Gasteiger partial charge in [-0.3, -0.25) is 4.79 Å². The lowest BCUT2D eigenvalue weighted by atomic mass is 10.0. The van der Waals surface area contributed by atoms with Crippen LogP contribution in [0.4, 0.5) is 14.9 Å². The quantitative estimate of drug-likeness (QED) is 0.260. The zero-order chi connectivity index (χ0) is 23.1. The van der Waals surface area contributed by atoms with E-state index in [4.69, 9.17) is 0 Å².